The molecular weight excluding hydrogens is 282 g/mol. The zero-order valence-electron chi connectivity index (χ0n) is 12.9. The number of carbonyl (C=O) groups is 1. The van der Waals surface area contributed by atoms with Gasteiger partial charge in [-0.3, -0.25) is 14.9 Å². The van der Waals surface area contributed by atoms with Gasteiger partial charge in [0.25, 0.3) is 11.6 Å². The minimum atomic E-state index is -0.457. The summed E-state index contributed by atoms with van der Waals surface area (Å²) in [5, 5.41) is 14.4. The first-order chi connectivity index (χ1) is 10.5. The number of H-pyrrole nitrogens is 1. The number of non-ortho nitro benzene ring substituents is 1. The number of aromatic amines is 1. The molecule has 0 bridgehead atoms. The van der Waals surface area contributed by atoms with Gasteiger partial charge in [0.05, 0.1) is 10.5 Å². The van der Waals surface area contributed by atoms with Crippen LogP contribution in [0, 0.1) is 10.1 Å². The molecule has 1 heterocycles. The van der Waals surface area contributed by atoms with Gasteiger partial charge >= 0.3 is 0 Å². The summed E-state index contributed by atoms with van der Waals surface area (Å²) < 4.78 is 0. The maximum atomic E-state index is 12.3. The van der Waals surface area contributed by atoms with E-state index in [1.54, 1.807) is 12.3 Å². The molecule has 0 saturated heterocycles. The predicted octanol–water partition coefficient (Wildman–Crippen LogP) is 3.77. The average Bonchev–Trinajstić information content (AvgIpc) is 2.90. The van der Waals surface area contributed by atoms with Crippen molar-refractivity contribution in [2.75, 3.05) is 0 Å². The molecule has 0 saturated carbocycles. The lowest BCUT2D eigenvalue weighted by Gasteiger charge is -2.13. The summed E-state index contributed by atoms with van der Waals surface area (Å²) in [5.41, 5.74) is 1.15. The number of nitrogens with one attached hydrogen (secondary N) is 2. The number of hydrogen-bond acceptors (Lipinski definition) is 3. The van der Waals surface area contributed by atoms with Crippen molar-refractivity contribution >= 4 is 22.5 Å². The van der Waals surface area contributed by atoms with E-state index in [4.69, 9.17) is 0 Å². The molecule has 2 rings (SSSR count). The summed E-state index contributed by atoms with van der Waals surface area (Å²) in [6, 6.07) is 4.56. The first-order valence-corrected chi connectivity index (χ1v) is 7.59. The van der Waals surface area contributed by atoms with Gasteiger partial charge in [-0.25, -0.2) is 0 Å². The molecule has 1 amide bonds. The summed E-state index contributed by atoms with van der Waals surface area (Å²) in [7, 11) is 0. The molecular formula is C16H21N3O3. The molecule has 1 unspecified atom stereocenters. The molecule has 2 aromatic rings. The monoisotopic (exact) mass is 303 g/mol. The number of benzene rings is 1. The van der Waals surface area contributed by atoms with E-state index in [2.05, 4.69) is 17.2 Å². The van der Waals surface area contributed by atoms with Crippen LogP contribution in [0.3, 0.4) is 0 Å². The highest BCUT2D eigenvalue weighted by Gasteiger charge is 2.16. The van der Waals surface area contributed by atoms with Gasteiger partial charge < -0.3 is 10.3 Å². The van der Waals surface area contributed by atoms with E-state index in [-0.39, 0.29) is 17.6 Å². The van der Waals surface area contributed by atoms with Crippen molar-refractivity contribution in [1.82, 2.24) is 10.3 Å². The van der Waals surface area contributed by atoms with E-state index in [1.807, 2.05) is 6.92 Å². The Morgan fingerprint density at radius 3 is 2.86 bits per heavy atom. The van der Waals surface area contributed by atoms with E-state index >= 15 is 0 Å². The molecule has 0 radical (unpaired) electrons. The lowest BCUT2D eigenvalue weighted by molar-refractivity contribution is -0.384. The smallest absolute Gasteiger partial charge is 0.270 e. The van der Waals surface area contributed by atoms with Crippen LogP contribution in [0.5, 0.6) is 0 Å². The SMILES string of the molecule is CCCCCC(C)NC(=O)c1c[nH]c2ccc([N+](=O)[O-])cc12. The minimum absolute atomic E-state index is 0.0165. The van der Waals surface area contributed by atoms with Gasteiger partial charge in [-0.1, -0.05) is 26.2 Å². The molecule has 1 aromatic heterocycles. The van der Waals surface area contributed by atoms with Crippen LogP contribution in [-0.4, -0.2) is 21.9 Å². The average molecular weight is 303 g/mol. The lowest BCUT2D eigenvalue weighted by Crippen LogP contribution is -2.32. The standard InChI is InChI=1S/C16H21N3O3/c1-3-4-5-6-11(2)18-16(20)14-10-17-15-8-7-12(19(21)22)9-13(14)15/h7-11,17H,3-6H2,1-2H3,(H,18,20). The van der Waals surface area contributed by atoms with Crippen molar-refractivity contribution in [2.45, 2.75) is 45.6 Å². The number of hydrogen-bond donors (Lipinski definition) is 2. The van der Waals surface area contributed by atoms with Gasteiger partial charge in [-0.2, -0.15) is 0 Å². The molecule has 0 fully saturated rings. The van der Waals surface area contributed by atoms with Crippen LogP contribution in [0.2, 0.25) is 0 Å². The third-order valence-corrected chi connectivity index (χ3v) is 3.74. The second-order valence-electron chi connectivity index (χ2n) is 5.56. The Balaban J connectivity index is 2.14. The summed E-state index contributed by atoms with van der Waals surface area (Å²) in [6.45, 7) is 4.12. The Labute approximate surface area is 129 Å². The summed E-state index contributed by atoms with van der Waals surface area (Å²) >= 11 is 0. The third-order valence-electron chi connectivity index (χ3n) is 3.74. The van der Waals surface area contributed by atoms with Gasteiger partial charge in [0.15, 0.2) is 0 Å². The van der Waals surface area contributed by atoms with Crippen LogP contribution < -0.4 is 5.32 Å². The van der Waals surface area contributed by atoms with Crippen molar-refractivity contribution in [1.29, 1.82) is 0 Å². The fraction of sp³-hybridized carbons (Fsp3) is 0.438. The van der Waals surface area contributed by atoms with Crippen LogP contribution in [0.1, 0.15) is 49.9 Å². The number of carbonyl (C=O) groups excluding carboxylic acids is 1. The van der Waals surface area contributed by atoms with Crippen LogP contribution >= 0.6 is 0 Å². The second kappa shape index (κ2) is 7.06. The third kappa shape index (κ3) is 3.63. The van der Waals surface area contributed by atoms with Crippen molar-refractivity contribution in [2.24, 2.45) is 0 Å². The molecule has 6 nitrogen and oxygen atoms in total. The van der Waals surface area contributed by atoms with E-state index < -0.39 is 4.92 Å². The number of nitro groups is 1. The van der Waals surface area contributed by atoms with E-state index in [0.29, 0.717) is 10.9 Å². The Kier molecular flexibility index (Phi) is 5.14. The first kappa shape index (κ1) is 16.0. The maximum absolute atomic E-state index is 12.3. The Morgan fingerprint density at radius 1 is 1.41 bits per heavy atom. The molecule has 0 aliphatic rings. The van der Waals surface area contributed by atoms with Crippen molar-refractivity contribution in [3.05, 3.63) is 40.1 Å². The first-order valence-electron chi connectivity index (χ1n) is 7.59. The van der Waals surface area contributed by atoms with Gasteiger partial charge in [0.1, 0.15) is 0 Å². The zero-order valence-corrected chi connectivity index (χ0v) is 12.9. The highest BCUT2D eigenvalue weighted by molar-refractivity contribution is 6.07. The normalized spacial score (nSPS) is 12.3. The molecule has 1 aromatic carbocycles. The quantitative estimate of drug-likeness (QED) is 0.463. The number of fused-ring (bicyclic) bond motifs is 1. The highest BCUT2D eigenvalue weighted by Crippen LogP contribution is 2.23. The van der Waals surface area contributed by atoms with Gasteiger partial charge in [0.2, 0.25) is 0 Å². The maximum Gasteiger partial charge on any atom is 0.270 e. The zero-order chi connectivity index (χ0) is 16.1. The molecule has 1 atom stereocenters. The summed E-state index contributed by atoms with van der Waals surface area (Å²) in [4.78, 5) is 25.7. The minimum Gasteiger partial charge on any atom is -0.360 e. The van der Waals surface area contributed by atoms with Crippen LogP contribution in [0.15, 0.2) is 24.4 Å². The lowest BCUT2D eigenvalue weighted by atomic mass is 10.1. The van der Waals surface area contributed by atoms with Crippen molar-refractivity contribution in [3.8, 4) is 0 Å². The number of nitrogens with zero attached hydrogens (tertiary/aromatic N) is 1. The molecule has 0 spiro atoms. The fourth-order valence-corrected chi connectivity index (χ4v) is 2.48. The molecule has 22 heavy (non-hydrogen) atoms. The van der Waals surface area contributed by atoms with Crippen LogP contribution in [-0.2, 0) is 0 Å². The van der Waals surface area contributed by atoms with Crippen molar-refractivity contribution < 1.29 is 9.72 Å². The van der Waals surface area contributed by atoms with E-state index in [9.17, 15) is 14.9 Å². The summed E-state index contributed by atoms with van der Waals surface area (Å²) in [6.07, 6.45) is 5.91. The number of unbranched alkanes of at least 4 members (excludes halogenated alkanes) is 2. The Bertz CT molecular complexity index is 678. The number of amides is 1. The van der Waals surface area contributed by atoms with E-state index in [1.165, 1.54) is 12.1 Å². The van der Waals surface area contributed by atoms with Gasteiger partial charge in [-0.05, 0) is 19.4 Å². The molecule has 0 aliphatic heterocycles. The molecule has 2 N–H and O–H groups in total. The molecule has 6 heteroatoms. The Morgan fingerprint density at radius 2 is 2.18 bits per heavy atom. The highest BCUT2D eigenvalue weighted by atomic mass is 16.6. The van der Waals surface area contributed by atoms with Gasteiger partial charge in [-0.15, -0.1) is 0 Å². The predicted molar refractivity (Wildman–Crippen MR) is 86.0 cm³/mol. The number of aromatic nitrogens is 1. The van der Waals surface area contributed by atoms with E-state index in [0.717, 1.165) is 31.2 Å². The van der Waals surface area contributed by atoms with Crippen LogP contribution in [0.4, 0.5) is 5.69 Å². The fourth-order valence-electron chi connectivity index (χ4n) is 2.48. The molecule has 0 aliphatic carbocycles. The number of rotatable bonds is 7. The Hall–Kier alpha value is -2.37. The molecule has 118 valence electrons. The van der Waals surface area contributed by atoms with Gasteiger partial charge in [0, 0.05) is 35.3 Å². The van der Waals surface area contributed by atoms with Crippen LogP contribution in [0.25, 0.3) is 10.9 Å². The summed E-state index contributed by atoms with van der Waals surface area (Å²) in [5.74, 6) is -0.198. The number of nitro benzene ring substituents is 1. The second-order valence-corrected chi connectivity index (χ2v) is 5.56. The largest absolute Gasteiger partial charge is 0.360 e. The van der Waals surface area contributed by atoms with Crippen molar-refractivity contribution in [3.63, 3.8) is 0 Å². The topological polar surface area (TPSA) is 88.0 Å².